The van der Waals surface area contributed by atoms with E-state index in [-0.39, 0.29) is 5.91 Å². The molecule has 3 aromatic carbocycles. The molecule has 0 spiro atoms. The maximum atomic E-state index is 13.0. The van der Waals surface area contributed by atoms with Gasteiger partial charge >= 0.3 is 0 Å². The fourth-order valence-electron chi connectivity index (χ4n) is 3.69. The van der Waals surface area contributed by atoms with Crippen LogP contribution >= 0.6 is 0 Å². The molecular weight excluding hydrogens is 382 g/mol. The number of hydrogen-bond donors (Lipinski definition) is 1. The number of carbonyl (C=O) groups excluding carboxylic acids is 1. The molecule has 1 heterocycles. The number of carbonyl (C=O) groups is 1. The molecule has 0 saturated heterocycles. The number of hydrogen-bond acceptors (Lipinski definition) is 3. The molecule has 0 bridgehead atoms. The van der Waals surface area contributed by atoms with Gasteiger partial charge in [0, 0.05) is 17.5 Å². The standard InChI is InChI=1S/C27H27N3O/c1-19(2)18-21-12-14-22(15-13-21)26-29-24-11-7-6-10-23(24)25(30-26)27(31)28-17-16-20-8-4-3-5-9-20/h3-15,19H,16-18H2,1-2H3,(H,28,31). The summed E-state index contributed by atoms with van der Waals surface area (Å²) >= 11 is 0. The molecule has 1 N–H and O–H groups in total. The maximum absolute atomic E-state index is 13.0. The second-order valence-electron chi connectivity index (χ2n) is 8.20. The first kappa shape index (κ1) is 20.7. The number of benzene rings is 3. The lowest BCUT2D eigenvalue weighted by Gasteiger charge is -2.10. The zero-order valence-electron chi connectivity index (χ0n) is 18.0. The third-order valence-electron chi connectivity index (χ3n) is 5.22. The van der Waals surface area contributed by atoms with Crippen LogP contribution < -0.4 is 5.32 Å². The molecule has 4 nitrogen and oxygen atoms in total. The summed E-state index contributed by atoms with van der Waals surface area (Å²) in [5.41, 5.74) is 4.58. The summed E-state index contributed by atoms with van der Waals surface area (Å²) in [6.07, 6.45) is 1.81. The van der Waals surface area contributed by atoms with Gasteiger partial charge in [-0.15, -0.1) is 0 Å². The normalized spacial score (nSPS) is 11.1. The zero-order chi connectivity index (χ0) is 21.6. The predicted octanol–water partition coefficient (Wildman–Crippen LogP) is 5.47. The van der Waals surface area contributed by atoms with Gasteiger partial charge < -0.3 is 5.32 Å². The molecule has 31 heavy (non-hydrogen) atoms. The van der Waals surface area contributed by atoms with Crippen LogP contribution in [0.3, 0.4) is 0 Å². The summed E-state index contributed by atoms with van der Waals surface area (Å²) in [4.78, 5) is 22.4. The summed E-state index contributed by atoms with van der Waals surface area (Å²) in [5.74, 6) is 1.00. The lowest BCUT2D eigenvalue weighted by molar-refractivity contribution is 0.0951. The first-order chi connectivity index (χ1) is 15.1. The van der Waals surface area contributed by atoms with Crippen LogP contribution in [-0.2, 0) is 12.8 Å². The van der Waals surface area contributed by atoms with Crippen LogP contribution in [0.1, 0.15) is 35.5 Å². The van der Waals surface area contributed by atoms with Crippen molar-refractivity contribution in [1.29, 1.82) is 0 Å². The first-order valence-corrected chi connectivity index (χ1v) is 10.8. The van der Waals surface area contributed by atoms with Gasteiger partial charge in [0.25, 0.3) is 5.91 Å². The van der Waals surface area contributed by atoms with Crippen LogP contribution in [0.2, 0.25) is 0 Å². The average Bonchev–Trinajstić information content (AvgIpc) is 2.79. The smallest absolute Gasteiger partial charge is 0.270 e. The SMILES string of the molecule is CC(C)Cc1ccc(-c2nc(C(=O)NCCc3ccccc3)c3ccccc3n2)cc1. The monoisotopic (exact) mass is 409 g/mol. The summed E-state index contributed by atoms with van der Waals surface area (Å²) in [6, 6.07) is 26.1. The lowest BCUT2D eigenvalue weighted by atomic mass is 10.0. The van der Waals surface area contributed by atoms with Gasteiger partial charge in [0.1, 0.15) is 5.69 Å². The third kappa shape index (κ3) is 5.15. The number of nitrogens with zero attached hydrogens (tertiary/aromatic N) is 2. The minimum Gasteiger partial charge on any atom is -0.350 e. The number of para-hydroxylation sites is 1. The van der Waals surface area contributed by atoms with E-state index in [1.165, 1.54) is 11.1 Å². The number of fused-ring (bicyclic) bond motifs is 1. The van der Waals surface area contributed by atoms with Gasteiger partial charge in [-0.3, -0.25) is 4.79 Å². The number of nitrogens with one attached hydrogen (secondary N) is 1. The van der Waals surface area contributed by atoms with E-state index in [1.807, 2.05) is 54.6 Å². The van der Waals surface area contributed by atoms with Crippen molar-refractivity contribution in [2.45, 2.75) is 26.7 Å². The van der Waals surface area contributed by atoms with Crippen molar-refractivity contribution >= 4 is 16.8 Å². The van der Waals surface area contributed by atoms with E-state index in [0.717, 1.165) is 29.3 Å². The minimum absolute atomic E-state index is 0.174. The Bertz CT molecular complexity index is 1170. The van der Waals surface area contributed by atoms with Crippen molar-refractivity contribution in [3.63, 3.8) is 0 Å². The highest BCUT2D eigenvalue weighted by molar-refractivity contribution is 6.04. The highest BCUT2D eigenvalue weighted by atomic mass is 16.1. The Morgan fingerprint density at radius 2 is 1.55 bits per heavy atom. The van der Waals surface area contributed by atoms with Crippen LogP contribution in [0.5, 0.6) is 0 Å². The van der Waals surface area contributed by atoms with Crippen molar-refractivity contribution in [2.24, 2.45) is 5.92 Å². The molecule has 0 unspecified atom stereocenters. The minimum atomic E-state index is -0.174. The molecule has 0 fully saturated rings. The van der Waals surface area contributed by atoms with Crippen molar-refractivity contribution in [3.05, 3.63) is 95.7 Å². The van der Waals surface area contributed by atoms with Crippen molar-refractivity contribution in [3.8, 4) is 11.4 Å². The van der Waals surface area contributed by atoms with E-state index in [2.05, 4.69) is 48.4 Å². The Labute approximate surface area is 183 Å². The molecule has 4 rings (SSSR count). The maximum Gasteiger partial charge on any atom is 0.270 e. The molecule has 1 amide bonds. The lowest BCUT2D eigenvalue weighted by Crippen LogP contribution is -2.27. The van der Waals surface area contributed by atoms with E-state index in [0.29, 0.717) is 24.0 Å². The summed E-state index contributed by atoms with van der Waals surface area (Å²) < 4.78 is 0. The predicted molar refractivity (Wildman–Crippen MR) is 126 cm³/mol. The number of aromatic nitrogens is 2. The van der Waals surface area contributed by atoms with Gasteiger partial charge in [-0.1, -0.05) is 86.6 Å². The van der Waals surface area contributed by atoms with Crippen molar-refractivity contribution < 1.29 is 4.79 Å². The summed E-state index contributed by atoms with van der Waals surface area (Å²) in [6.45, 7) is 4.98. The molecule has 1 aromatic heterocycles. The topological polar surface area (TPSA) is 54.9 Å². The van der Waals surface area contributed by atoms with E-state index < -0.39 is 0 Å². The van der Waals surface area contributed by atoms with E-state index in [1.54, 1.807) is 0 Å². The zero-order valence-corrected chi connectivity index (χ0v) is 18.0. The molecule has 0 aliphatic rings. The summed E-state index contributed by atoms with van der Waals surface area (Å²) in [7, 11) is 0. The van der Waals surface area contributed by atoms with Gasteiger partial charge in [-0.2, -0.15) is 0 Å². The second-order valence-corrected chi connectivity index (χ2v) is 8.20. The Hall–Kier alpha value is -3.53. The van der Waals surface area contributed by atoms with Gasteiger partial charge in [0.05, 0.1) is 5.52 Å². The van der Waals surface area contributed by atoms with Crippen LogP contribution in [0, 0.1) is 5.92 Å². The molecule has 156 valence electrons. The van der Waals surface area contributed by atoms with E-state index in [9.17, 15) is 4.79 Å². The fourth-order valence-corrected chi connectivity index (χ4v) is 3.69. The van der Waals surface area contributed by atoms with Crippen LogP contribution in [0.25, 0.3) is 22.3 Å². The molecule has 0 saturated carbocycles. The Balaban J connectivity index is 1.59. The van der Waals surface area contributed by atoms with E-state index in [4.69, 9.17) is 4.98 Å². The Morgan fingerprint density at radius 3 is 2.29 bits per heavy atom. The van der Waals surface area contributed by atoms with Gasteiger partial charge in [-0.25, -0.2) is 9.97 Å². The molecule has 0 aliphatic heterocycles. The quantitative estimate of drug-likeness (QED) is 0.440. The average molecular weight is 410 g/mol. The highest BCUT2D eigenvalue weighted by Gasteiger charge is 2.15. The molecule has 0 aliphatic carbocycles. The fraction of sp³-hybridized carbons (Fsp3) is 0.222. The molecule has 0 atom stereocenters. The van der Waals surface area contributed by atoms with Crippen molar-refractivity contribution in [1.82, 2.24) is 15.3 Å². The van der Waals surface area contributed by atoms with E-state index >= 15 is 0 Å². The molecule has 4 aromatic rings. The van der Waals surface area contributed by atoms with Crippen LogP contribution in [0.15, 0.2) is 78.9 Å². The van der Waals surface area contributed by atoms with Crippen LogP contribution in [-0.4, -0.2) is 22.4 Å². The number of amides is 1. The largest absolute Gasteiger partial charge is 0.350 e. The second kappa shape index (κ2) is 9.52. The summed E-state index contributed by atoms with van der Waals surface area (Å²) in [5, 5.41) is 3.78. The van der Waals surface area contributed by atoms with Crippen LogP contribution in [0.4, 0.5) is 0 Å². The van der Waals surface area contributed by atoms with Gasteiger partial charge in [0.15, 0.2) is 5.82 Å². The molecule has 0 radical (unpaired) electrons. The Kier molecular flexibility index (Phi) is 6.37. The third-order valence-corrected chi connectivity index (χ3v) is 5.22. The van der Waals surface area contributed by atoms with Gasteiger partial charge in [-0.05, 0) is 36.0 Å². The van der Waals surface area contributed by atoms with Crippen molar-refractivity contribution in [2.75, 3.05) is 6.54 Å². The van der Waals surface area contributed by atoms with Gasteiger partial charge in [0.2, 0.25) is 0 Å². The molecule has 4 heteroatoms. The Morgan fingerprint density at radius 1 is 0.839 bits per heavy atom. The highest BCUT2D eigenvalue weighted by Crippen LogP contribution is 2.23. The first-order valence-electron chi connectivity index (χ1n) is 10.8. The molecular formula is C27H27N3O. The number of rotatable bonds is 7.